The molecule has 8 aromatic carbocycles. The summed E-state index contributed by atoms with van der Waals surface area (Å²) in [6.07, 6.45) is 9.90. The topological polar surface area (TPSA) is 70.0 Å². The lowest BCUT2D eigenvalue weighted by molar-refractivity contribution is -0.153. The van der Waals surface area contributed by atoms with E-state index in [0.717, 1.165) is 70.0 Å². The molecular formula is C121H165F11N4O2S. The van der Waals surface area contributed by atoms with Crippen molar-refractivity contribution in [1.29, 1.82) is 0 Å². The Balaban J connectivity index is 0.000000752. The van der Waals surface area contributed by atoms with Crippen molar-refractivity contribution >= 4 is 11.3 Å². The summed E-state index contributed by atoms with van der Waals surface area (Å²) in [6.45, 7) is 66.8. The number of nitrogens with zero attached hydrogens (tertiary/aromatic N) is 4. The lowest BCUT2D eigenvalue weighted by atomic mass is 9.78. The van der Waals surface area contributed by atoms with Crippen molar-refractivity contribution in [3.05, 3.63) is 380 Å². The van der Waals surface area contributed by atoms with Crippen LogP contribution < -0.4 is 0 Å². The molecule has 0 spiro atoms. The van der Waals surface area contributed by atoms with Gasteiger partial charge in [-0.25, -0.2) is 40.1 Å². The molecule has 4 aromatic heterocycles. The first-order chi connectivity index (χ1) is 65.2. The van der Waals surface area contributed by atoms with Crippen LogP contribution in [0.4, 0.5) is 48.3 Å². The van der Waals surface area contributed by atoms with Gasteiger partial charge in [-0.05, 0) is 231 Å². The number of hydrogen-bond donors (Lipinski definition) is 0. The molecule has 18 heteroatoms. The summed E-state index contributed by atoms with van der Waals surface area (Å²) in [5, 5.41) is 3.12. The summed E-state index contributed by atoms with van der Waals surface area (Å²) >= 11 is 1.69. The van der Waals surface area contributed by atoms with Gasteiger partial charge in [0.15, 0.2) is 17.3 Å². The van der Waals surface area contributed by atoms with E-state index in [0.29, 0.717) is 65.8 Å². The van der Waals surface area contributed by atoms with Gasteiger partial charge in [0.2, 0.25) is 0 Å². The van der Waals surface area contributed by atoms with E-state index >= 15 is 0 Å². The van der Waals surface area contributed by atoms with Crippen molar-refractivity contribution in [2.45, 2.75) is 305 Å². The second-order valence-corrected chi connectivity index (χ2v) is 40.5. The molecule has 0 N–H and O–H groups in total. The average Bonchev–Trinajstić information content (AvgIpc) is 1.22. The lowest BCUT2D eigenvalue weighted by Gasteiger charge is -2.41. The fourth-order valence-electron chi connectivity index (χ4n) is 12.5. The van der Waals surface area contributed by atoms with Gasteiger partial charge in [-0.2, -0.15) is 13.2 Å². The molecule has 14 rings (SSSR count). The molecule has 2 fully saturated rings. The zero-order chi connectivity index (χ0) is 105. The number of pyridine rings is 3. The normalized spacial score (nSPS) is 12.3. The highest BCUT2D eigenvalue weighted by atomic mass is 32.1. The molecule has 6 nitrogen and oxygen atoms in total. The fourth-order valence-corrected chi connectivity index (χ4v) is 13.2. The molecule has 0 aliphatic carbocycles. The largest absolute Gasteiger partial charge is 0.416 e. The SMILES string of the molecule is CC(C)C1(C)COC1.CC(C)C1(F)COC1.CC(C)Cc1ccccc1.CC(C)c1cc(F)c(F)cc1F.CC(C)c1ccc(F)cc1.CC(C)c1cccc(-c2nccs2)c1.CC(C)c1cccc(F)c1.CC(C)c1ccccc1.CC(C)c1ccccc1F.CC(C)c1ccccn1.CC(C)c1cccnc1.CC(C)c1ccncc1F.CCCC(C)C.Cc1cc(C(C)C)cc(C(F)(F)F)c1. The third-order valence-electron chi connectivity index (χ3n) is 22.4. The first-order valence-corrected chi connectivity index (χ1v) is 50.0. The number of aromatic nitrogens is 4. The average molecular weight is 1950 g/mol. The molecule has 0 saturated carbocycles. The predicted octanol–water partition coefficient (Wildman–Crippen LogP) is 38.1. The first kappa shape index (κ1) is 127. The van der Waals surface area contributed by atoms with E-state index in [4.69, 9.17) is 9.47 Å². The predicted molar refractivity (Wildman–Crippen MR) is 567 cm³/mol. The summed E-state index contributed by atoms with van der Waals surface area (Å²) in [6, 6.07) is 67.4. The van der Waals surface area contributed by atoms with E-state index in [-0.39, 0.29) is 58.4 Å². The van der Waals surface area contributed by atoms with Crippen LogP contribution in [0.2, 0.25) is 0 Å². The Kier molecular flexibility index (Phi) is 62.3. The van der Waals surface area contributed by atoms with Crippen LogP contribution in [0.15, 0.2) is 267 Å². The number of benzene rings is 8. The maximum atomic E-state index is 12.9. The van der Waals surface area contributed by atoms with E-state index < -0.39 is 34.9 Å². The summed E-state index contributed by atoms with van der Waals surface area (Å²) in [5.41, 5.74) is 12.2. The molecule has 0 unspecified atom stereocenters. The maximum absolute atomic E-state index is 12.9. The van der Waals surface area contributed by atoms with Gasteiger partial charge in [0.1, 0.15) is 34.1 Å². The number of rotatable bonds is 17. The minimum absolute atomic E-state index is 0.0995. The lowest BCUT2D eigenvalue weighted by Crippen LogP contribution is -2.49. The van der Waals surface area contributed by atoms with Crippen molar-refractivity contribution in [3.63, 3.8) is 0 Å². The monoisotopic (exact) mass is 1950 g/mol. The fraction of sp³-hybridized carbons (Fsp3) is 0.455. The third-order valence-corrected chi connectivity index (χ3v) is 23.2. The Morgan fingerprint density at radius 2 is 0.835 bits per heavy atom. The smallest absolute Gasteiger partial charge is 0.380 e. The maximum Gasteiger partial charge on any atom is 0.416 e. The number of thiazole rings is 1. The molecular weight excluding hydrogens is 1780 g/mol. The zero-order valence-electron chi connectivity index (χ0n) is 89.1. The van der Waals surface area contributed by atoms with Crippen molar-refractivity contribution in [1.82, 2.24) is 19.9 Å². The molecule has 764 valence electrons. The number of hydrogen-bond acceptors (Lipinski definition) is 7. The van der Waals surface area contributed by atoms with Crippen molar-refractivity contribution in [3.8, 4) is 10.6 Å². The van der Waals surface area contributed by atoms with Crippen molar-refractivity contribution in [2.24, 2.45) is 29.1 Å². The standard InChI is InChI=1S/C12H13NS.C11H13F3.C10H14.C9H9F3.3C9H11F.C9H12.C8H10FN.2C8H11N.C7H14O.C6H11FO.C6H14/c1-9(2)10-4-3-5-11(8-10)12-13-6-7-14-12;1-7(2)9-4-8(3)5-10(6-9)11(12,13)14;1-9(2)8-10-6-4-3-5-7-10;1-5(2)6-3-8(11)9(12)4-7(6)10;1-7(2)8-3-5-9(10)6-4-8;1-7(2)8-4-3-5-9(10)6-8;1-7(2)8-5-3-4-6-9(8)10;1-8(2)9-6-4-3-5-7-9;1-6(2)7-3-4-10-5-8(7)9;1-7(2)8-4-3-5-9-6-8;1-7(2)8-5-3-4-6-9-8;1-6(2)7(3)4-8-5-7;1-5(2)6(7)3-8-4-6;1-4-5-6(2)3/h3-9H,1-2H3;4-7H,1-3H3;3-7,9H,8H2,1-2H3;3-5H,1-2H3;3*3-7H,1-2H3;3-8H,1-2H3;3-6H,1-2H3;2*3-7H,1-2H3;6H,4-5H2,1-3H3;5H,3-4H2,1-2H3;6H,4-5H2,1-3H3. The van der Waals surface area contributed by atoms with Gasteiger partial charge < -0.3 is 9.47 Å². The van der Waals surface area contributed by atoms with Crippen LogP contribution in [-0.2, 0) is 22.1 Å². The summed E-state index contributed by atoms with van der Waals surface area (Å²) in [5.74, 6) is 2.87. The highest BCUT2D eigenvalue weighted by Gasteiger charge is 2.41. The molecule has 2 aliphatic heterocycles. The second kappa shape index (κ2) is 68.2. The Morgan fingerprint density at radius 1 is 0.353 bits per heavy atom. The van der Waals surface area contributed by atoms with Crippen LogP contribution >= 0.6 is 11.3 Å². The minimum atomic E-state index is -4.24. The van der Waals surface area contributed by atoms with Crippen LogP contribution in [0.1, 0.15) is 352 Å². The molecule has 12 aromatic rings. The van der Waals surface area contributed by atoms with Gasteiger partial charge in [0.05, 0.1) is 38.2 Å². The molecule has 0 amide bonds. The minimum Gasteiger partial charge on any atom is -0.380 e. The molecule has 139 heavy (non-hydrogen) atoms. The summed E-state index contributed by atoms with van der Waals surface area (Å²) < 4.78 is 148. The van der Waals surface area contributed by atoms with Gasteiger partial charge >= 0.3 is 6.18 Å². The Labute approximate surface area is 835 Å². The van der Waals surface area contributed by atoms with Crippen LogP contribution in [-0.4, -0.2) is 52.0 Å². The van der Waals surface area contributed by atoms with E-state index in [1.54, 1.807) is 74.8 Å². The Morgan fingerprint density at radius 3 is 1.19 bits per heavy atom. The molecule has 0 bridgehead atoms. The van der Waals surface area contributed by atoms with E-state index in [2.05, 4.69) is 243 Å². The Bertz CT molecular complexity index is 4960. The van der Waals surface area contributed by atoms with Crippen LogP contribution in [0.25, 0.3) is 10.6 Å². The van der Waals surface area contributed by atoms with E-state index in [1.807, 2.05) is 140 Å². The number of ether oxygens (including phenoxy) is 2. The van der Waals surface area contributed by atoms with Crippen LogP contribution in [0.5, 0.6) is 0 Å². The van der Waals surface area contributed by atoms with Gasteiger partial charge in [-0.1, -0.05) is 366 Å². The number of alkyl halides is 4. The van der Waals surface area contributed by atoms with Gasteiger partial charge in [-0.3, -0.25) is 15.0 Å². The van der Waals surface area contributed by atoms with Gasteiger partial charge in [-0.15, -0.1) is 11.3 Å². The van der Waals surface area contributed by atoms with E-state index in [9.17, 15) is 48.3 Å². The first-order valence-electron chi connectivity index (χ1n) is 49.1. The number of aryl methyl sites for hydroxylation is 1. The number of halogens is 11. The van der Waals surface area contributed by atoms with Crippen LogP contribution in [0.3, 0.4) is 0 Å². The molecule has 6 heterocycles. The summed E-state index contributed by atoms with van der Waals surface area (Å²) in [7, 11) is 0. The molecule has 0 atom stereocenters. The van der Waals surface area contributed by atoms with Gasteiger partial charge in [0, 0.05) is 59.1 Å². The highest BCUT2D eigenvalue weighted by Crippen LogP contribution is 2.36. The molecule has 2 saturated heterocycles. The van der Waals surface area contributed by atoms with E-state index in [1.165, 1.54) is 95.2 Å². The quantitative estimate of drug-likeness (QED) is 0.0668. The third kappa shape index (κ3) is 54.0. The summed E-state index contributed by atoms with van der Waals surface area (Å²) in [4.78, 5) is 16.1. The highest BCUT2D eigenvalue weighted by molar-refractivity contribution is 7.13. The van der Waals surface area contributed by atoms with Crippen molar-refractivity contribution < 1.29 is 57.8 Å². The van der Waals surface area contributed by atoms with Crippen LogP contribution in [0, 0.1) is 76.7 Å². The molecule has 2 aliphatic rings. The molecule has 0 radical (unpaired) electrons. The zero-order valence-corrected chi connectivity index (χ0v) is 89.9. The van der Waals surface area contributed by atoms with Crippen molar-refractivity contribution in [2.75, 3.05) is 26.4 Å². The Hall–Kier alpha value is -10.0. The second-order valence-electron chi connectivity index (χ2n) is 39.7. The van der Waals surface area contributed by atoms with Gasteiger partial charge in [0.25, 0.3) is 0 Å².